The monoisotopic (exact) mass is 176 g/mol. The van der Waals surface area contributed by atoms with Crippen molar-refractivity contribution in [3.63, 3.8) is 0 Å². The molecule has 0 radical (unpaired) electrons. The molecule has 0 bridgehead atoms. The zero-order valence-electron chi connectivity index (χ0n) is 7.60. The number of carbonyl (C=O) groups excluding carboxylic acids is 1. The van der Waals surface area contributed by atoms with Gasteiger partial charge in [-0.05, 0) is 12.5 Å². The van der Waals surface area contributed by atoms with Crippen LogP contribution in [0.5, 0.6) is 0 Å². The molecule has 0 fully saturated rings. The Morgan fingerprint density at radius 2 is 2.54 bits per heavy atom. The van der Waals surface area contributed by atoms with Crippen molar-refractivity contribution in [1.29, 1.82) is 0 Å². The van der Waals surface area contributed by atoms with Crippen molar-refractivity contribution in [2.24, 2.45) is 0 Å². The van der Waals surface area contributed by atoms with Gasteiger partial charge in [0.1, 0.15) is 5.69 Å². The number of allylic oxidation sites excluding steroid dienone is 3. The minimum absolute atomic E-state index is 0.584. The van der Waals surface area contributed by atoms with Crippen LogP contribution in [0.25, 0.3) is 0 Å². The molecule has 0 atom stereocenters. The number of nitrogens with zero attached hydrogens (tertiary/aromatic N) is 2. The maximum atomic E-state index is 10.5. The number of hydrogen-bond donors (Lipinski definition) is 0. The number of hydrogen-bond acceptors (Lipinski definition) is 2. The predicted octanol–water partition coefficient (Wildman–Crippen LogP) is 1.83. The highest BCUT2D eigenvalue weighted by molar-refractivity contribution is 5.71. The molecule has 1 heterocycles. The van der Waals surface area contributed by atoms with E-state index in [-0.39, 0.29) is 0 Å². The van der Waals surface area contributed by atoms with Gasteiger partial charge < -0.3 is 4.57 Å². The fraction of sp³-hybridized carbons (Fsp3) is 0.200. The molecule has 0 aromatic carbocycles. The van der Waals surface area contributed by atoms with E-state index >= 15 is 0 Å². The van der Waals surface area contributed by atoms with Gasteiger partial charge in [-0.2, -0.15) is 0 Å². The number of carbonyl (C=O) groups is 1. The molecule has 0 unspecified atom stereocenters. The summed E-state index contributed by atoms with van der Waals surface area (Å²) in [5, 5.41) is 0. The molecule has 0 aliphatic heterocycles. The molecule has 0 aliphatic carbocycles. The van der Waals surface area contributed by atoms with Gasteiger partial charge in [0.25, 0.3) is 0 Å². The maximum Gasteiger partial charge on any atom is 0.168 e. The first-order valence-electron chi connectivity index (χ1n) is 4.04. The standard InChI is InChI=1S/C10H12N2O/c1-3-9(4-2)6-12-8-11-5-10(12)7-13/h3-5,7-8H,1,6H2,2H3/b9-4+. The molecule has 1 aromatic rings. The van der Waals surface area contributed by atoms with Gasteiger partial charge >= 0.3 is 0 Å². The lowest BCUT2D eigenvalue weighted by atomic mass is 10.2. The van der Waals surface area contributed by atoms with E-state index in [2.05, 4.69) is 11.6 Å². The molecule has 0 saturated carbocycles. The quantitative estimate of drug-likeness (QED) is 0.518. The van der Waals surface area contributed by atoms with Gasteiger partial charge in [-0.3, -0.25) is 4.79 Å². The van der Waals surface area contributed by atoms with E-state index in [9.17, 15) is 4.79 Å². The van der Waals surface area contributed by atoms with Crippen molar-refractivity contribution in [2.75, 3.05) is 0 Å². The largest absolute Gasteiger partial charge is 0.324 e. The Bertz CT molecular complexity index is 336. The molecule has 68 valence electrons. The van der Waals surface area contributed by atoms with Crippen LogP contribution >= 0.6 is 0 Å². The predicted molar refractivity (Wildman–Crippen MR) is 51.6 cm³/mol. The van der Waals surface area contributed by atoms with Gasteiger partial charge in [0.05, 0.1) is 12.5 Å². The van der Waals surface area contributed by atoms with Gasteiger partial charge in [-0.15, -0.1) is 0 Å². The molecule has 13 heavy (non-hydrogen) atoms. The normalized spacial score (nSPS) is 11.3. The summed E-state index contributed by atoms with van der Waals surface area (Å²) in [6.45, 7) is 6.26. The molecule has 0 spiro atoms. The third-order valence-electron chi connectivity index (χ3n) is 1.85. The van der Waals surface area contributed by atoms with E-state index in [4.69, 9.17) is 0 Å². The van der Waals surface area contributed by atoms with Crippen LogP contribution in [0, 0.1) is 0 Å². The van der Waals surface area contributed by atoms with Crippen molar-refractivity contribution in [3.8, 4) is 0 Å². The minimum Gasteiger partial charge on any atom is -0.324 e. The highest BCUT2D eigenvalue weighted by Gasteiger charge is 2.00. The van der Waals surface area contributed by atoms with Crippen molar-refractivity contribution >= 4 is 6.29 Å². The summed E-state index contributed by atoms with van der Waals surface area (Å²) in [4.78, 5) is 14.4. The topological polar surface area (TPSA) is 34.9 Å². The summed E-state index contributed by atoms with van der Waals surface area (Å²) in [6, 6.07) is 0. The number of aldehydes is 1. The molecule has 1 rings (SSSR count). The van der Waals surface area contributed by atoms with Gasteiger partial charge in [-0.1, -0.05) is 18.7 Å². The van der Waals surface area contributed by atoms with Gasteiger partial charge in [0.15, 0.2) is 6.29 Å². The Hall–Kier alpha value is -1.64. The molecular formula is C10H12N2O. The summed E-state index contributed by atoms with van der Waals surface area (Å²) in [5.41, 5.74) is 1.65. The third kappa shape index (κ3) is 2.15. The van der Waals surface area contributed by atoms with Crippen molar-refractivity contribution < 1.29 is 4.79 Å². The fourth-order valence-electron chi connectivity index (χ4n) is 1.03. The Morgan fingerprint density at radius 3 is 3.08 bits per heavy atom. The Labute approximate surface area is 77.4 Å². The smallest absolute Gasteiger partial charge is 0.168 e. The van der Waals surface area contributed by atoms with Crippen LogP contribution in [0.15, 0.2) is 36.8 Å². The van der Waals surface area contributed by atoms with Crippen LogP contribution < -0.4 is 0 Å². The molecule has 0 saturated heterocycles. The average molecular weight is 176 g/mol. The molecule has 0 aliphatic rings. The number of aromatic nitrogens is 2. The minimum atomic E-state index is 0.584. The second-order valence-corrected chi connectivity index (χ2v) is 2.63. The molecule has 0 amide bonds. The molecule has 3 nitrogen and oxygen atoms in total. The summed E-state index contributed by atoms with van der Waals surface area (Å²) >= 11 is 0. The van der Waals surface area contributed by atoms with E-state index in [0.717, 1.165) is 11.9 Å². The zero-order valence-corrected chi connectivity index (χ0v) is 7.60. The van der Waals surface area contributed by atoms with Crippen LogP contribution in [0.1, 0.15) is 17.4 Å². The fourth-order valence-corrected chi connectivity index (χ4v) is 1.03. The summed E-state index contributed by atoms with van der Waals surface area (Å²) < 4.78 is 1.78. The molecule has 3 heteroatoms. The third-order valence-corrected chi connectivity index (χ3v) is 1.85. The number of imidazole rings is 1. The van der Waals surface area contributed by atoms with Gasteiger partial charge in [0, 0.05) is 6.54 Å². The summed E-state index contributed by atoms with van der Waals surface area (Å²) in [7, 11) is 0. The van der Waals surface area contributed by atoms with E-state index in [1.54, 1.807) is 23.2 Å². The van der Waals surface area contributed by atoms with Crippen molar-refractivity contribution in [3.05, 3.63) is 42.5 Å². The lowest BCUT2D eigenvalue weighted by Gasteiger charge is -2.03. The summed E-state index contributed by atoms with van der Waals surface area (Å²) in [6.07, 6.45) is 7.71. The Morgan fingerprint density at radius 1 is 1.77 bits per heavy atom. The first-order valence-corrected chi connectivity index (χ1v) is 4.04. The molecular weight excluding hydrogens is 164 g/mol. The molecule has 1 aromatic heterocycles. The lowest BCUT2D eigenvalue weighted by Crippen LogP contribution is -2.02. The highest BCUT2D eigenvalue weighted by Crippen LogP contribution is 2.03. The number of rotatable bonds is 4. The Balaban J connectivity index is 2.84. The van der Waals surface area contributed by atoms with Crippen LogP contribution in [-0.2, 0) is 6.54 Å². The van der Waals surface area contributed by atoms with Gasteiger partial charge in [-0.25, -0.2) is 4.98 Å². The van der Waals surface area contributed by atoms with Crippen LogP contribution in [0.3, 0.4) is 0 Å². The average Bonchev–Trinajstić information content (AvgIpc) is 2.61. The zero-order chi connectivity index (χ0) is 9.68. The SMILES string of the molecule is C=C/C(=C\C)Cn1cncc1C=O. The second kappa shape index (κ2) is 4.40. The summed E-state index contributed by atoms with van der Waals surface area (Å²) in [5.74, 6) is 0. The van der Waals surface area contributed by atoms with E-state index < -0.39 is 0 Å². The Kier molecular flexibility index (Phi) is 3.20. The maximum absolute atomic E-state index is 10.5. The first-order chi connectivity index (χ1) is 6.31. The van der Waals surface area contributed by atoms with Crippen LogP contribution in [0.4, 0.5) is 0 Å². The van der Waals surface area contributed by atoms with Crippen LogP contribution in [-0.4, -0.2) is 15.8 Å². The highest BCUT2D eigenvalue weighted by atomic mass is 16.1. The van der Waals surface area contributed by atoms with E-state index in [0.29, 0.717) is 12.2 Å². The molecule has 0 N–H and O–H groups in total. The van der Waals surface area contributed by atoms with E-state index in [1.807, 2.05) is 13.0 Å². The second-order valence-electron chi connectivity index (χ2n) is 2.63. The van der Waals surface area contributed by atoms with Crippen molar-refractivity contribution in [2.45, 2.75) is 13.5 Å². The van der Waals surface area contributed by atoms with Crippen LogP contribution in [0.2, 0.25) is 0 Å². The lowest BCUT2D eigenvalue weighted by molar-refractivity contribution is 0.111. The van der Waals surface area contributed by atoms with Crippen molar-refractivity contribution in [1.82, 2.24) is 9.55 Å². The first kappa shape index (κ1) is 9.45. The van der Waals surface area contributed by atoms with Gasteiger partial charge in [0.2, 0.25) is 0 Å². The van der Waals surface area contributed by atoms with E-state index in [1.165, 1.54) is 0 Å².